The molecule has 1 atom stereocenters. The van der Waals surface area contributed by atoms with Gasteiger partial charge in [0.25, 0.3) is 0 Å². The second-order valence-electron chi connectivity index (χ2n) is 6.50. The summed E-state index contributed by atoms with van der Waals surface area (Å²) in [5, 5.41) is 3.04. The second kappa shape index (κ2) is 5.05. The number of hydrogen-bond donors (Lipinski definition) is 1. The summed E-state index contributed by atoms with van der Waals surface area (Å²) in [6.07, 6.45) is 3.78. The molecule has 23 heavy (non-hydrogen) atoms. The van der Waals surface area contributed by atoms with Crippen LogP contribution in [-0.2, 0) is 4.79 Å². The predicted molar refractivity (Wildman–Crippen MR) is 90.4 cm³/mol. The molecule has 118 valence electrons. The van der Waals surface area contributed by atoms with Gasteiger partial charge >= 0.3 is 0 Å². The topological polar surface area (TPSA) is 58.1 Å². The van der Waals surface area contributed by atoms with E-state index in [-0.39, 0.29) is 17.9 Å². The Bertz CT molecular complexity index is 798. The quantitative estimate of drug-likeness (QED) is 0.924. The lowest BCUT2D eigenvalue weighted by molar-refractivity contribution is -0.117. The highest BCUT2D eigenvalue weighted by atomic mass is 16.2. The number of fused-ring (bicyclic) bond motifs is 3. The zero-order valence-electron chi connectivity index (χ0n) is 13.6. The van der Waals surface area contributed by atoms with Gasteiger partial charge in [-0.05, 0) is 38.8 Å². The number of hydrogen-bond acceptors (Lipinski definition) is 4. The molecule has 2 aromatic rings. The second-order valence-corrected chi connectivity index (χ2v) is 6.50. The fourth-order valence-corrected chi connectivity index (χ4v) is 3.24. The number of aryl methyl sites for hydroxylation is 1. The molecule has 0 aromatic carbocycles. The van der Waals surface area contributed by atoms with Crippen LogP contribution in [0.15, 0.2) is 24.4 Å². The predicted octanol–water partition coefficient (Wildman–Crippen LogP) is 3.31. The van der Waals surface area contributed by atoms with Crippen LogP contribution in [0.4, 0.5) is 11.5 Å². The van der Waals surface area contributed by atoms with E-state index < -0.39 is 0 Å². The molecule has 0 saturated heterocycles. The summed E-state index contributed by atoms with van der Waals surface area (Å²) in [5.41, 5.74) is 5.07. The minimum absolute atomic E-state index is 0.0816. The molecular formula is C18H20N4O. The molecule has 1 unspecified atom stereocenters. The molecule has 1 aliphatic carbocycles. The maximum atomic E-state index is 12.2. The van der Waals surface area contributed by atoms with E-state index in [0.717, 1.165) is 35.5 Å². The standard InChI is InChI=1S/C18H20N4O/c1-10-9-14-15-13(5-4-8-19-15)11(2)22(3)16(14)17(20-10)21-18(23)12-6-7-12/h4-5,8-9,11-12H,6-7H2,1-3H3,(H,20,21,23). The Morgan fingerprint density at radius 3 is 2.91 bits per heavy atom. The van der Waals surface area contributed by atoms with Crippen molar-refractivity contribution in [3.05, 3.63) is 35.7 Å². The number of amides is 1. The maximum absolute atomic E-state index is 12.2. The Kier molecular flexibility index (Phi) is 3.11. The molecule has 0 spiro atoms. The van der Waals surface area contributed by atoms with Gasteiger partial charge in [0, 0.05) is 36.0 Å². The van der Waals surface area contributed by atoms with Crippen molar-refractivity contribution in [1.29, 1.82) is 0 Å². The largest absolute Gasteiger partial charge is 0.364 e. The smallest absolute Gasteiger partial charge is 0.228 e. The van der Waals surface area contributed by atoms with Crippen LogP contribution in [0, 0.1) is 12.8 Å². The normalized spacial score (nSPS) is 19.1. The molecule has 1 fully saturated rings. The highest BCUT2D eigenvalue weighted by Gasteiger charge is 2.33. The molecule has 3 heterocycles. The van der Waals surface area contributed by atoms with E-state index in [9.17, 15) is 4.79 Å². The highest BCUT2D eigenvalue weighted by Crippen LogP contribution is 2.46. The summed E-state index contributed by atoms with van der Waals surface area (Å²) >= 11 is 0. The summed E-state index contributed by atoms with van der Waals surface area (Å²) in [7, 11) is 2.04. The first-order valence-electron chi connectivity index (χ1n) is 8.07. The Labute approximate surface area is 135 Å². The molecule has 1 N–H and O–H groups in total. The SMILES string of the molecule is Cc1cc2c(c(NC(=O)C3CC3)n1)N(C)C(C)c1cccnc1-2. The molecule has 2 aliphatic rings. The van der Waals surface area contributed by atoms with Crippen molar-refractivity contribution in [2.75, 3.05) is 17.3 Å². The van der Waals surface area contributed by atoms with Crippen LogP contribution in [-0.4, -0.2) is 22.9 Å². The fourth-order valence-electron chi connectivity index (χ4n) is 3.24. The van der Waals surface area contributed by atoms with E-state index in [1.165, 1.54) is 5.56 Å². The van der Waals surface area contributed by atoms with E-state index in [1.807, 2.05) is 26.2 Å². The van der Waals surface area contributed by atoms with Gasteiger partial charge in [-0.3, -0.25) is 9.78 Å². The number of carbonyl (C=O) groups excluding carboxylic acids is 1. The van der Waals surface area contributed by atoms with Gasteiger partial charge < -0.3 is 10.2 Å². The minimum Gasteiger partial charge on any atom is -0.364 e. The van der Waals surface area contributed by atoms with Crippen LogP contribution in [0.25, 0.3) is 11.3 Å². The summed E-state index contributed by atoms with van der Waals surface area (Å²) in [6, 6.07) is 6.33. The number of anilines is 2. The first kappa shape index (κ1) is 14.2. The average molecular weight is 308 g/mol. The molecule has 1 saturated carbocycles. The summed E-state index contributed by atoms with van der Waals surface area (Å²) < 4.78 is 0. The number of nitrogens with zero attached hydrogens (tertiary/aromatic N) is 3. The molecule has 0 radical (unpaired) electrons. The molecule has 0 bridgehead atoms. The Balaban J connectivity index is 1.88. The molecule has 5 heteroatoms. The van der Waals surface area contributed by atoms with E-state index in [0.29, 0.717) is 5.82 Å². The number of nitrogens with one attached hydrogen (secondary N) is 1. The molecule has 2 aromatic heterocycles. The van der Waals surface area contributed by atoms with Crippen molar-refractivity contribution >= 4 is 17.4 Å². The molecule has 1 aliphatic heterocycles. The average Bonchev–Trinajstić information content (AvgIpc) is 3.37. The summed E-state index contributed by atoms with van der Waals surface area (Å²) in [5.74, 6) is 0.894. The van der Waals surface area contributed by atoms with Crippen LogP contribution in [0.1, 0.15) is 37.1 Å². The van der Waals surface area contributed by atoms with Gasteiger partial charge in [-0.15, -0.1) is 0 Å². The van der Waals surface area contributed by atoms with Crippen LogP contribution >= 0.6 is 0 Å². The van der Waals surface area contributed by atoms with Crippen molar-refractivity contribution in [2.24, 2.45) is 5.92 Å². The number of pyridine rings is 2. The van der Waals surface area contributed by atoms with Crippen LogP contribution in [0.5, 0.6) is 0 Å². The van der Waals surface area contributed by atoms with Gasteiger partial charge in [0.05, 0.1) is 17.4 Å². The molecule has 5 nitrogen and oxygen atoms in total. The van der Waals surface area contributed by atoms with Crippen molar-refractivity contribution in [1.82, 2.24) is 9.97 Å². The third kappa shape index (κ3) is 2.27. The fraction of sp³-hybridized carbons (Fsp3) is 0.389. The van der Waals surface area contributed by atoms with Crippen molar-refractivity contribution < 1.29 is 4.79 Å². The monoisotopic (exact) mass is 308 g/mol. The lowest BCUT2D eigenvalue weighted by Crippen LogP contribution is -2.29. The van der Waals surface area contributed by atoms with E-state index in [2.05, 4.69) is 39.2 Å². The van der Waals surface area contributed by atoms with E-state index in [4.69, 9.17) is 0 Å². The zero-order valence-corrected chi connectivity index (χ0v) is 13.6. The molecule has 1 amide bonds. The molecular weight excluding hydrogens is 288 g/mol. The first-order chi connectivity index (χ1) is 11.1. The van der Waals surface area contributed by atoms with Gasteiger partial charge in [-0.2, -0.15) is 0 Å². The maximum Gasteiger partial charge on any atom is 0.228 e. The minimum atomic E-state index is 0.0816. The third-order valence-corrected chi connectivity index (χ3v) is 4.79. The van der Waals surface area contributed by atoms with Gasteiger partial charge in [-0.1, -0.05) is 6.07 Å². The van der Waals surface area contributed by atoms with Crippen LogP contribution in [0.3, 0.4) is 0 Å². The summed E-state index contributed by atoms with van der Waals surface area (Å²) in [6.45, 7) is 4.10. The Morgan fingerprint density at radius 1 is 1.39 bits per heavy atom. The third-order valence-electron chi connectivity index (χ3n) is 4.79. The number of rotatable bonds is 2. The van der Waals surface area contributed by atoms with Gasteiger partial charge in [0.2, 0.25) is 5.91 Å². The van der Waals surface area contributed by atoms with Gasteiger partial charge in [0.1, 0.15) is 0 Å². The number of aromatic nitrogens is 2. The lowest BCUT2D eigenvalue weighted by Gasteiger charge is -2.36. The van der Waals surface area contributed by atoms with Crippen molar-refractivity contribution in [3.8, 4) is 11.3 Å². The van der Waals surface area contributed by atoms with Crippen molar-refractivity contribution in [3.63, 3.8) is 0 Å². The van der Waals surface area contributed by atoms with Crippen LogP contribution < -0.4 is 10.2 Å². The number of carbonyl (C=O) groups is 1. The van der Waals surface area contributed by atoms with Crippen LogP contribution in [0.2, 0.25) is 0 Å². The Hall–Kier alpha value is -2.43. The molecule has 4 rings (SSSR count). The lowest BCUT2D eigenvalue weighted by atomic mass is 9.93. The first-order valence-corrected chi connectivity index (χ1v) is 8.07. The van der Waals surface area contributed by atoms with Gasteiger partial charge in [-0.25, -0.2) is 4.98 Å². The highest BCUT2D eigenvalue weighted by molar-refractivity contribution is 5.99. The summed E-state index contributed by atoms with van der Waals surface area (Å²) in [4.78, 5) is 23.6. The Morgan fingerprint density at radius 2 is 2.17 bits per heavy atom. The zero-order chi connectivity index (χ0) is 16.1. The van der Waals surface area contributed by atoms with E-state index in [1.54, 1.807) is 0 Å². The van der Waals surface area contributed by atoms with Gasteiger partial charge in [0.15, 0.2) is 5.82 Å². The van der Waals surface area contributed by atoms with Crippen molar-refractivity contribution in [2.45, 2.75) is 32.7 Å². The van der Waals surface area contributed by atoms with E-state index >= 15 is 0 Å².